The molecule has 3 atom stereocenters. The molecule has 0 amide bonds. The van der Waals surface area contributed by atoms with Crippen LogP contribution >= 0.6 is 0 Å². The number of fused-ring (bicyclic) bond motifs is 2. The molecule has 138 valence electrons. The van der Waals surface area contributed by atoms with Crippen molar-refractivity contribution in [3.05, 3.63) is 52.6 Å². The molecule has 1 aromatic rings. The minimum absolute atomic E-state index is 0.103. The van der Waals surface area contributed by atoms with E-state index < -0.39 is 0 Å². The summed E-state index contributed by atoms with van der Waals surface area (Å²) in [4.78, 5) is 2.31. The van der Waals surface area contributed by atoms with Gasteiger partial charge in [-0.05, 0) is 32.7 Å². The van der Waals surface area contributed by atoms with Crippen LogP contribution in [-0.4, -0.2) is 54.0 Å². The number of aromatic nitrogens is 2. The Labute approximate surface area is 154 Å². The molecule has 0 saturated heterocycles. The number of dihydropyridines is 1. The zero-order valence-corrected chi connectivity index (χ0v) is 15.6. The molecule has 3 unspecified atom stereocenters. The topological polar surface area (TPSA) is 80.4 Å². The van der Waals surface area contributed by atoms with Crippen LogP contribution in [0.15, 0.2) is 46.5 Å². The number of H-pyrrole nitrogens is 1. The summed E-state index contributed by atoms with van der Waals surface area (Å²) in [7, 11) is 2.15. The Morgan fingerprint density at radius 2 is 2.23 bits per heavy atom. The maximum absolute atomic E-state index is 4.29. The lowest BCUT2D eigenvalue weighted by atomic mass is 9.82. The number of nitrogens with zero attached hydrogens (tertiary/aromatic N) is 3. The van der Waals surface area contributed by atoms with Gasteiger partial charge in [0.1, 0.15) is 0 Å². The molecule has 4 N–H and O–H groups in total. The van der Waals surface area contributed by atoms with Crippen LogP contribution in [0.3, 0.4) is 0 Å². The molecule has 1 aliphatic carbocycles. The molecule has 0 radical (unpaired) electrons. The number of rotatable bonds is 6. The first-order chi connectivity index (χ1) is 12.7. The van der Waals surface area contributed by atoms with Crippen molar-refractivity contribution in [1.29, 1.82) is 0 Å². The predicted molar refractivity (Wildman–Crippen MR) is 104 cm³/mol. The van der Waals surface area contributed by atoms with Gasteiger partial charge in [-0.1, -0.05) is 13.0 Å². The summed E-state index contributed by atoms with van der Waals surface area (Å²) in [6, 6.07) is 0.345. The van der Waals surface area contributed by atoms with Gasteiger partial charge >= 0.3 is 0 Å². The smallest absolute Gasteiger partial charge is 0.0754 e. The highest BCUT2D eigenvalue weighted by Gasteiger charge is 2.35. The molecule has 1 aromatic heterocycles. The summed E-state index contributed by atoms with van der Waals surface area (Å²) in [6.45, 7) is 7.22. The fourth-order valence-corrected chi connectivity index (χ4v) is 3.72. The van der Waals surface area contributed by atoms with Crippen LogP contribution in [0.2, 0.25) is 0 Å². The summed E-state index contributed by atoms with van der Waals surface area (Å²) in [6.07, 6.45) is 10.6. The summed E-state index contributed by atoms with van der Waals surface area (Å²) in [5.74, 6) is 0.261. The Morgan fingerprint density at radius 3 is 3.00 bits per heavy atom. The van der Waals surface area contributed by atoms with Gasteiger partial charge in [0.25, 0.3) is 0 Å². The Balaban J connectivity index is 1.62. The minimum Gasteiger partial charge on any atom is -0.384 e. The zero-order valence-electron chi connectivity index (χ0n) is 15.6. The third-order valence-electron chi connectivity index (χ3n) is 5.43. The number of likely N-dealkylation sites (N-methyl/N-ethyl adjacent to an activating group) is 1. The molecule has 0 fully saturated rings. The van der Waals surface area contributed by atoms with E-state index >= 15 is 0 Å². The standard InChI is InChI=1S/C19H27N7/c1-4-26(3)8-7-20-18-9-17(13-10-21-24-12(13)2)23-16-6-5-15-14(19(16)18)11-22-25-15/h5-6,9-11,14-15,17,20,23,25H,4,7-8H2,1-3H3,(H,21,24). The van der Waals surface area contributed by atoms with Crippen LogP contribution in [-0.2, 0) is 0 Å². The summed E-state index contributed by atoms with van der Waals surface area (Å²) in [5.41, 5.74) is 9.11. The molecule has 0 saturated carbocycles. The number of allylic oxidation sites excluding steroid dienone is 2. The first kappa shape index (κ1) is 16.9. The Kier molecular flexibility index (Phi) is 4.55. The van der Waals surface area contributed by atoms with E-state index in [2.05, 4.69) is 75.4 Å². The monoisotopic (exact) mass is 353 g/mol. The fourth-order valence-electron chi connectivity index (χ4n) is 3.72. The molecule has 0 spiro atoms. The van der Waals surface area contributed by atoms with E-state index in [1.165, 1.54) is 22.5 Å². The molecular weight excluding hydrogens is 326 g/mol. The molecule has 26 heavy (non-hydrogen) atoms. The van der Waals surface area contributed by atoms with Crippen molar-refractivity contribution in [3.63, 3.8) is 0 Å². The van der Waals surface area contributed by atoms with Gasteiger partial charge in [-0.3, -0.25) is 5.10 Å². The second-order valence-corrected chi connectivity index (χ2v) is 7.12. The van der Waals surface area contributed by atoms with E-state index in [4.69, 9.17) is 0 Å². The molecule has 0 bridgehead atoms. The number of hydrogen-bond donors (Lipinski definition) is 4. The van der Waals surface area contributed by atoms with Crippen molar-refractivity contribution in [3.8, 4) is 0 Å². The Bertz CT molecular complexity index is 786. The normalized spacial score (nSPS) is 26.3. The van der Waals surface area contributed by atoms with Crippen molar-refractivity contribution in [2.24, 2.45) is 11.0 Å². The first-order valence-corrected chi connectivity index (χ1v) is 9.29. The largest absolute Gasteiger partial charge is 0.384 e. The van der Waals surface area contributed by atoms with Crippen molar-refractivity contribution < 1.29 is 0 Å². The maximum Gasteiger partial charge on any atom is 0.0754 e. The number of aromatic amines is 1. The molecule has 0 aromatic carbocycles. The lowest BCUT2D eigenvalue weighted by Gasteiger charge is -2.34. The third-order valence-corrected chi connectivity index (χ3v) is 5.43. The van der Waals surface area contributed by atoms with Gasteiger partial charge in [0, 0.05) is 47.5 Å². The Hall–Kier alpha value is -2.54. The molecular formula is C19H27N7. The van der Waals surface area contributed by atoms with Crippen molar-refractivity contribution >= 4 is 6.21 Å². The average Bonchev–Trinajstić information content (AvgIpc) is 3.29. The van der Waals surface area contributed by atoms with Gasteiger partial charge < -0.3 is 21.0 Å². The second kappa shape index (κ2) is 6.99. The lowest BCUT2D eigenvalue weighted by Crippen LogP contribution is -2.39. The predicted octanol–water partition coefficient (Wildman–Crippen LogP) is 1.19. The van der Waals surface area contributed by atoms with Crippen molar-refractivity contribution in [2.45, 2.75) is 25.9 Å². The van der Waals surface area contributed by atoms with Crippen LogP contribution in [0.4, 0.5) is 0 Å². The quantitative estimate of drug-likeness (QED) is 0.618. The fraction of sp³-hybridized carbons (Fsp3) is 0.474. The highest BCUT2D eigenvalue weighted by atomic mass is 15.3. The van der Waals surface area contributed by atoms with Crippen molar-refractivity contribution in [2.75, 3.05) is 26.7 Å². The second-order valence-electron chi connectivity index (χ2n) is 7.12. The Morgan fingerprint density at radius 1 is 1.35 bits per heavy atom. The van der Waals surface area contributed by atoms with Crippen LogP contribution in [0.5, 0.6) is 0 Å². The summed E-state index contributed by atoms with van der Waals surface area (Å²) in [5, 5.41) is 18.9. The SMILES string of the molecule is CCN(C)CCNC1=CC(c2cn[nH]c2C)NC2=C1C1C=NNC1C=C2. The number of hydrazone groups is 1. The highest BCUT2D eigenvalue weighted by Crippen LogP contribution is 2.36. The number of aryl methyl sites for hydroxylation is 1. The molecule has 3 aliphatic rings. The zero-order chi connectivity index (χ0) is 18.1. The summed E-state index contributed by atoms with van der Waals surface area (Å²) < 4.78 is 0. The van der Waals surface area contributed by atoms with E-state index in [-0.39, 0.29) is 18.0 Å². The lowest BCUT2D eigenvalue weighted by molar-refractivity contribution is 0.354. The first-order valence-electron chi connectivity index (χ1n) is 9.29. The van der Waals surface area contributed by atoms with Gasteiger partial charge in [-0.15, -0.1) is 0 Å². The third kappa shape index (κ3) is 3.03. The van der Waals surface area contributed by atoms with Crippen LogP contribution in [0.1, 0.15) is 24.2 Å². The van der Waals surface area contributed by atoms with E-state index in [9.17, 15) is 0 Å². The van der Waals surface area contributed by atoms with Crippen LogP contribution in [0.25, 0.3) is 0 Å². The number of nitrogens with one attached hydrogen (secondary N) is 4. The van der Waals surface area contributed by atoms with E-state index in [0.29, 0.717) is 0 Å². The van der Waals surface area contributed by atoms with Crippen molar-refractivity contribution in [1.82, 2.24) is 31.2 Å². The van der Waals surface area contributed by atoms with E-state index in [1.54, 1.807) is 0 Å². The molecule has 3 heterocycles. The molecule has 4 rings (SSSR count). The van der Waals surface area contributed by atoms with Gasteiger partial charge in [-0.2, -0.15) is 10.2 Å². The van der Waals surface area contributed by atoms with Gasteiger partial charge in [0.2, 0.25) is 0 Å². The van der Waals surface area contributed by atoms with Crippen LogP contribution in [0, 0.1) is 12.8 Å². The average molecular weight is 353 g/mol. The van der Waals surface area contributed by atoms with E-state index in [0.717, 1.165) is 25.3 Å². The molecule has 7 heteroatoms. The highest BCUT2D eigenvalue weighted by molar-refractivity contribution is 5.73. The van der Waals surface area contributed by atoms with Gasteiger partial charge in [0.05, 0.1) is 24.2 Å². The van der Waals surface area contributed by atoms with Gasteiger partial charge in [-0.25, -0.2) is 0 Å². The van der Waals surface area contributed by atoms with E-state index in [1.807, 2.05) is 12.4 Å². The summed E-state index contributed by atoms with van der Waals surface area (Å²) >= 11 is 0. The molecule has 7 nitrogen and oxygen atoms in total. The maximum atomic E-state index is 4.29. The van der Waals surface area contributed by atoms with Gasteiger partial charge in [0.15, 0.2) is 0 Å². The minimum atomic E-state index is 0.103. The van der Waals surface area contributed by atoms with Crippen LogP contribution < -0.4 is 16.1 Å². The number of hydrogen-bond acceptors (Lipinski definition) is 6. The molecule has 2 aliphatic heterocycles.